The van der Waals surface area contributed by atoms with E-state index in [-0.39, 0.29) is 18.2 Å². The van der Waals surface area contributed by atoms with E-state index >= 15 is 0 Å². The zero-order valence-corrected chi connectivity index (χ0v) is 11.7. The number of thiazole rings is 1. The number of hydrogen-bond acceptors (Lipinski definition) is 7. The number of methoxy groups -OCH3 is 1. The molecule has 8 heteroatoms. The van der Waals surface area contributed by atoms with E-state index in [0.717, 1.165) is 25.2 Å². The third kappa shape index (κ3) is 2.72. The van der Waals surface area contributed by atoms with E-state index in [9.17, 15) is 4.79 Å². The number of nitrogens with zero attached hydrogens (tertiary/aromatic N) is 2. The summed E-state index contributed by atoms with van der Waals surface area (Å²) < 4.78 is 9.89. The summed E-state index contributed by atoms with van der Waals surface area (Å²) in [5, 5.41) is 10.3. The quantitative estimate of drug-likeness (QED) is 0.880. The van der Waals surface area contributed by atoms with E-state index in [0.29, 0.717) is 10.9 Å². The monoisotopic (exact) mass is 294 g/mol. The number of hydrogen-bond donors (Lipinski definition) is 2. The first-order valence-corrected chi connectivity index (χ1v) is 7.03. The van der Waals surface area contributed by atoms with Gasteiger partial charge in [-0.2, -0.15) is 0 Å². The lowest BCUT2D eigenvalue weighted by Crippen LogP contribution is -2.22. The molecule has 0 aliphatic carbocycles. The molecule has 1 aliphatic heterocycles. The van der Waals surface area contributed by atoms with E-state index in [1.54, 1.807) is 13.2 Å². The fourth-order valence-corrected chi connectivity index (χ4v) is 2.94. The predicted octanol–water partition coefficient (Wildman–Crippen LogP) is 1.18. The Morgan fingerprint density at radius 1 is 1.65 bits per heavy atom. The summed E-state index contributed by atoms with van der Waals surface area (Å²) in [6, 6.07) is 1.56. The fourth-order valence-electron chi connectivity index (χ4n) is 1.97. The normalized spacial score (nSPS) is 14.1. The topological polar surface area (TPSA) is 89.3 Å². The zero-order chi connectivity index (χ0) is 13.9. The van der Waals surface area contributed by atoms with E-state index in [2.05, 4.69) is 20.8 Å². The second-order valence-corrected chi connectivity index (χ2v) is 5.46. The van der Waals surface area contributed by atoms with Gasteiger partial charge >= 0.3 is 0 Å². The van der Waals surface area contributed by atoms with Gasteiger partial charge in [-0.05, 0) is 0 Å². The molecule has 20 heavy (non-hydrogen) atoms. The maximum Gasteiger partial charge on any atom is 0.279 e. The van der Waals surface area contributed by atoms with Crippen LogP contribution in [0.5, 0.6) is 0 Å². The van der Waals surface area contributed by atoms with Crippen molar-refractivity contribution < 1.29 is 14.1 Å². The molecule has 0 saturated carbocycles. The van der Waals surface area contributed by atoms with Gasteiger partial charge in [-0.1, -0.05) is 5.16 Å². The number of carbonyl (C=O) groups is 1. The number of carbonyl (C=O) groups excluding carboxylic acids is 1. The molecular weight excluding hydrogens is 280 g/mol. The molecule has 1 aliphatic rings. The van der Waals surface area contributed by atoms with Crippen molar-refractivity contribution in [3.05, 3.63) is 28.1 Å². The molecule has 3 heterocycles. The first-order valence-electron chi connectivity index (χ1n) is 6.21. The van der Waals surface area contributed by atoms with E-state index < -0.39 is 0 Å². The maximum atomic E-state index is 12.0. The smallest absolute Gasteiger partial charge is 0.279 e. The van der Waals surface area contributed by atoms with E-state index in [1.165, 1.54) is 16.2 Å². The molecule has 0 atom stereocenters. The van der Waals surface area contributed by atoms with Crippen LogP contribution in [0.2, 0.25) is 0 Å². The van der Waals surface area contributed by atoms with Crippen LogP contribution in [-0.4, -0.2) is 29.7 Å². The lowest BCUT2D eigenvalue weighted by Gasteiger charge is -2.09. The molecule has 0 saturated heterocycles. The Kier molecular flexibility index (Phi) is 3.77. The highest BCUT2D eigenvalue weighted by molar-refractivity contribution is 7.15. The number of aromatic nitrogens is 2. The average Bonchev–Trinajstić information content (AvgIpc) is 3.04. The summed E-state index contributed by atoms with van der Waals surface area (Å²) in [6.45, 7) is 2.02. The summed E-state index contributed by atoms with van der Waals surface area (Å²) in [4.78, 5) is 17.6. The first kappa shape index (κ1) is 13.2. The number of nitrogens with one attached hydrogen (secondary N) is 2. The van der Waals surface area contributed by atoms with Crippen molar-refractivity contribution in [1.82, 2.24) is 15.5 Å². The SMILES string of the molecule is COCc1cc(C(=O)Nc2nc3c(s2)CNCC3)no1. The van der Waals surface area contributed by atoms with Crippen molar-refractivity contribution in [2.75, 3.05) is 19.0 Å². The Morgan fingerprint density at radius 2 is 2.55 bits per heavy atom. The molecule has 1 amide bonds. The number of fused-ring (bicyclic) bond motifs is 1. The summed E-state index contributed by atoms with van der Waals surface area (Å²) in [5.74, 6) is 0.190. The molecule has 0 spiro atoms. The summed E-state index contributed by atoms with van der Waals surface area (Å²) in [6.07, 6.45) is 0.893. The third-order valence-corrected chi connectivity index (χ3v) is 3.91. The van der Waals surface area contributed by atoms with Crippen LogP contribution in [-0.2, 0) is 24.3 Å². The van der Waals surface area contributed by atoms with Crippen LogP contribution in [0.3, 0.4) is 0 Å². The third-order valence-electron chi connectivity index (χ3n) is 2.90. The second-order valence-electron chi connectivity index (χ2n) is 4.38. The van der Waals surface area contributed by atoms with Crippen LogP contribution < -0.4 is 10.6 Å². The van der Waals surface area contributed by atoms with Gasteiger partial charge in [-0.25, -0.2) is 4.98 Å². The van der Waals surface area contributed by atoms with Gasteiger partial charge in [0.1, 0.15) is 6.61 Å². The van der Waals surface area contributed by atoms with E-state index in [4.69, 9.17) is 9.26 Å². The zero-order valence-electron chi connectivity index (χ0n) is 10.9. The fraction of sp³-hybridized carbons (Fsp3) is 0.417. The average molecular weight is 294 g/mol. The van der Waals surface area contributed by atoms with Gasteiger partial charge in [0, 0.05) is 37.6 Å². The molecule has 0 aromatic carbocycles. The molecule has 0 radical (unpaired) electrons. The van der Waals surface area contributed by atoms with Crippen LogP contribution in [0, 0.1) is 0 Å². The van der Waals surface area contributed by atoms with Gasteiger partial charge in [-0.3, -0.25) is 10.1 Å². The highest BCUT2D eigenvalue weighted by Crippen LogP contribution is 2.25. The molecule has 2 aromatic heterocycles. The number of amides is 1. The van der Waals surface area contributed by atoms with Crippen molar-refractivity contribution in [3.63, 3.8) is 0 Å². The van der Waals surface area contributed by atoms with Gasteiger partial charge in [0.05, 0.1) is 5.69 Å². The molecule has 7 nitrogen and oxygen atoms in total. The van der Waals surface area contributed by atoms with Crippen LogP contribution in [0.1, 0.15) is 26.8 Å². The first-order chi connectivity index (χ1) is 9.76. The highest BCUT2D eigenvalue weighted by atomic mass is 32.1. The van der Waals surface area contributed by atoms with Gasteiger partial charge < -0.3 is 14.6 Å². The lowest BCUT2D eigenvalue weighted by atomic mass is 10.2. The van der Waals surface area contributed by atoms with Gasteiger partial charge in [0.2, 0.25) is 0 Å². The molecular formula is C12H14N4O3S. The largest absolute Gasteiger partial charge is 0.377 e. The van der Waals surface area contributed by atoms with Crippen molar-refractivity contribution in [2.24, 2.45) is 0 Å². The summed E-state index contributed by atoms with van der Waals surface area (Å²) >= 11 is 1.49. The number of anilines is 1. The van der Waals surface area contributed by atoms with Gasteiger partial charge in [0.25, 0.3) is 5.91 Å². The molecule has 0 fully saturated rings. The van der Waals surface area contributed by atoms with Crippen LogP contribution in [0.15, 0.2) is 10.6 Å². The van der Waals surface area contributed by atoms with Gasteiger partial charge in [-0.15, -0.1) is 11.3 Å². The lowest BCUT2D eigenvalue weighted by molar-refractivity contribution is 0.101. The minimum atomic E-state index is -0.324. The second kappa shape index (κ2) is 5.70. The molecule has 2 aromatic rings. The Labute approximate surface area is 119 Å². The standard InChI is InChI=1S/C12H14N4O3S/c1-18-6-7-4-9(16-19-7)11(17)15-12-14-8-2-3-13-5-10(8)20-12/h4,13H,2-3,5-6H2,1H3,(H,14,15,17). The highest BCUT2D eigenvalue weighted by Gasteiger charge is 2.18. The van der Waals surface area contributed by atoms with Crippen LogP contribution >= 0.6 is 11.3 Å². The Morgan fingerprint density at radius 3 is 3.35 bits per heavy atom. The molecule has 2 N–H and O–H groups in total. The molecule has 106 valence electrons. The molecule has 0 bridgehead atoms. The Bertz CT molecular complexity index is 599. The summed E-state index contributed by atoms with van der Waals surface area (Å²) in [7, 11) is 1.55. The van der Waals surface area contributed by atoms with E-state index in [1.807, 2.05) is 0 Å². The van der Waals surface area contributed by atoms with Gasteiger partial charge in [0.15, 0.2) is 16.6 Å². The Balaban J connectivity index is 1.70. The number of ether oxygens (including phenoxy) is 1. The van der Waals surface area contributed by atoms with Crippen LogP contribution in [0.25, 0.3) is 0 Å². The number of rotatable bonds is 4. The summed E-state index contributed by atoms with van der Waals surface area (Å²) in [5.41, 5.74) is 1.28. The van der Waals surface area contributed by atoms with Crippen molar-refractivity contribution in [3.8, 4) is 0 Å². The van der Waals surface area contributed by atoms with Crippen molar-refractivity contribution >= 4 is 22.4 Å². The minimum Gasteiger partial charge on any atom is -0.377 e. The Hall–Kier alpha value is -1.77. The maximum absolute atomic E-state index is 12.0. The molecule has 3 rings (SSSR count). The predicted molar refractivity (Wildman–Crippen MR) is 72.7 cm³/mol. The van der Waals surface area contributed by atoms with Crippen molar-refractivity contribution in [2.45, 2.75) is 19.6 Å². The van der Waals surface area contributed by atoms with Crippen LogP contribution in [0.4, 0.5) is 5.13 Å². The molecule has 0 unspecified atom stereocenters. The minimum absolute atomic E-state index is 0.225. The van der Waals surface area contributed by atoms with Crippen molar-refractivity contribution in [1.29, 1.82) is 0 Å².